The molecule has 0 aliphatic carbocycles. The van der Waals surface area contributed by atoms with Gasteiger partial charge in [0.25, 0.3) is 5.91 Å². The molecule has 6 nitrogen and oxygen atoms in total. The summed E-state index contributed by atoms with van der Waals surface area (Å²) >= 11 is 0. The summed E-state index contributed by atoms with van der Waals surface area (Å²) in [5.41, 5.74) is 2.04. The van der Waals surface area contributed by atoms with Gasteiger partial charge in [-0.05, 0) is 50.6 Å². The van der Waals surface area contributed by atoms with Gasteiger partial charge >= 0.3 is 12.3 Å². The molecule has 1 atom stereocenters. The molecule has 2 rings (SSSR count). The molecule has 0 aliphatic rings. The van der Waals surface area contributed by atoms with Crippen LogP contribution in [0.4, 0.5) is 17.6 Å². The van der Waals surface area contributed by atoms with Crippen molar-refractivity contribution >= 4 is 11.7 Å². The topological polar surface area (TPSA) is 81.2 Å². The first-order valence-electron chi connectivity index (χ1n) is 9.00. The Hall–Kier alpha value is -3.04. The van der Waals surface area contributed by atoms with Crippen LogP contribution in [0.3, 0.4) is 0 Å². The van der Waals surface area contributed by atoms with Gasteiger partial charge in [0.05, 0.1) is 12.2 Å². The number of halogens is 4. The zero-order valence-electron chi connectivity index (χ0n) is 16.6. The van der Waals surface area contributed by atoms with Crippen LogP contribution in [0.2, 0.25) is 0 Å². The van der Waals surface area contributed by atoms with Crippen LogP contribution in [0.5, 0.6) is 5.75 Å². The molecule has 0 bridgehead atoms. The number of carbonyl (C=O) groups excluding carboxylic acids is 2. The van der Waals surface area contributed by atoms with Crippen LogP contribution in [0, 0.1) is 6.92 Å². The van der Waals surface area contributed by atoms with Crippen molar-refractivity contribution in [2.75, 3.05) is 6.61 Å². The number of nitrogens with one attached hydrogen (secondary N) is 1. The Morgan fingerprint density at radius 1 is 1.23 bits per heavy atom. The van der Waals surface area contributed by atoms with Crippen molar-refractivity contribution in [3.63, 3.8) is 0 Å². The molecule has 0 spiro atoms. The van der Waals surface area contributed by atoms with Crippen molar-refractivity contribution in [3.8, 4) is 5.75 Å². The van der Waals surface area contributed by atoms with Gasteiger partial charge in [0, 0.05) is 17.8 Å². The van der Waals surface area contributed by atoms with Crippen molar-refractivity contribution in [2.24, 2.45) is 0 Å². The maximum absolute atomic E-state index is 12.9. The molecule has 2 heterocycles. The summed E-state index contributed by atoms with van der Waals surface area (Å²) in [4.78, 5) is 31.8. The maximum atomic E-state index is 12.9. The second-order valence-electron chi connectivity index (χ2n) is 6.84. The lowest BCUT2D eigenvalue weighted by Crippen LogP contribution is -2.33. The standard InChI is InChI=1S/C20H21F4N3O3/c1-11-6-14(8-15(26-11)7-12(2)28)13(3)27-18(29)17-5-4-16(9-25-17)30-10-20(23,24)19(21)22/h4-6,8-9,13,19H,7,10H2,1-3H3,(H,27,29). The summed E-state index contributed by atoms with van der Waals surface area (Å²) in [6, 6.07) is 5.51. The number of pyridine rings is 2. The van der Waals surface area contributed by atoms with E-state index in [1.165, 1.54) is 19.1 Å². The Morgan fingerprint density at radius 3 is 2.50 bits per heavy atom. The fourth-order valence-electron chi connectivity index (χ4n) is 2.56. The molecule has 162 valence electrons. The first-order chi connectivity index (χ1) is 14.0. The van der Waals surface area contributed by atoms with Crippen molar-refractivity contribution in [2.45, 2.75) is 45.6 Å². The Morgan fingerprint density at radius 2 is 1.93 bits per heavy atom. The molecule has 2 aromatic rings. The molecule has 0 aliphatic heterocycles. The number of aromatic nitrogens is 2. The zero-order chi connectivity index (χ0) is 22.5. The minimum absolute atomic E-state index is 0.00967. The SMILES string of the molecule is CC(=O)Cc1cc(C(C)NC(=O)c2ccc(OCC(F)(F)C(F)F)cn2)cc(C)n1. The summed E-state index contributed by atoms with van der Waals surface area (Å²) in [6.07, 6.45) is -2.66. The number of ether oxygens (including phenoxy) is 1. The van der Waals surface area contributed by atoms with Crippen LogP contribution < -0.4 is 10.1 Å². The largest absolute Gasteiger partial charge is 0.485 e. The highest BCUT2D eigenvalue weighted by Crippen LogP contribution is 2.24. The van der Waals surface area contributed by atoms with E-state index in [0.717, 1.165) is 11.8 Å². The highest BCUT2D eigenvalue weighted by atomic mass is 19.3. The number of rotatable bonds is 9. The van der Waals surface area contributed by atoms with Gasteiger partial charge in [-0.1, -0.05) is 0 Å². The molecule has 10 heteroatoms. The number of amides is 1. The molecule has 1 amide bonds. The first kappa shape index (κ1) is 23.2. The van der Waals surface area contributed by atoms with Crippen LogP contribution >= 0.6 is 0 Å². The summed E-state index contributed by atoms with van der Waals surface area (Å²) in [7, 11) is 0. The summed E-state index contributed by atoms with van der Waals surface area (Å²) < 4.78 is 54.7. The lowest BCUT2D eigenvalue weighted by Gasteiger charge is -2.17. The van der Waals surface area contributed by atoms with Gasteiger partial charge in [-0.25, -0.2) is 13.8 Å². The predicted molar refractivity (Wildman–Crippen MR) is 99.9 cm³/mol. The lowest BCUT2D eigenvalue weighted by molar-refractivity contribution is -0.148. The molecule has 0 saturated heterocycles. The van der Waals surface area contributed by atoms with Crippen molar-refractivity contribution < 1.29 is 31.9 Å². The van der Waals surface area contributed by atoms with Crippen LogP contribution in [0.25, 0.3) is 0 Å². The molecule has 30 heavy (non-hydrogen) atoms. The van der Waals surface area contributed by atoms with Crippen LogP contribution in [0.15, 0.2) is 30.5 Å². The Bertz CT molecular complexity index is 905. The van der Waals surface area contributed by atoms with E-state index in [2.05, 4.69) is 20.0 Å². The van der Waals surface area contributed by atoms with Gasteiger partial charge in [0.1, 0.15) is 17.2 Å². The molecular formula is C20H21F4N3O3. The number of carbonyl (C=O) groups is 2. The van der Waals surface area contributed by atoms with Crippen LogP contribution in [-0.2, 0) is 11.2 Å². The van der Waals surface area contributed by atoms with E-state index in [-0.39, 0.29) is 23.6 Å². The van der Waals surface area contributed by atoms with Gasteiger partial charge in [-0.15, -0.1) is 0 Å². The number of nitrogens with zero attached hydrogens (tertiary/aromatic N) is 2. The molecule has 0 aromatic carbocycles. The van der Waals surface area contributed by atoms with Gasteiger partial charge in [-0.2, -0.15) is 8.78 Å². The normalized spacial score (nSPS) is 12.5. The van der Waals surface area contributed by atoms with E-state index in [0.29, 0.717) is 11.4 Å². The Kier molecular flexibility index (Phi) is 7.47. The summed E-state index contributed by atoms with van der Waals surface area (Å²) in [6.45, 7) is 3.48. The third kappa shape index (κ3) is 6.50. The zero-order valence-corrected chi connectivity index (χ0v) is 16.6. The number of hydrogen-bond acceptors (Lipinski definition) is 5. The average Bonchev–Trinajstić information content (AvgIpc) is 2.65. The quantitative estimate of drug-likeness (QED) is 0.618. The van der Waals surface area contributed by atoms with Gasteiger partial charge < -0.3 is 10.1 Å². The van der Waals surface area contributed by atoms with Crippen LogP contribution in [0.1, 0.15) is 47.3 Å². The average molecular weight is 427 g/mol. The number of hydrogen-bond donors (Lipinski definition) is 1. The van der Waals surface area contributed by atoms with Crippen molar-refractivity contribution in [3.05, 3.63) is 53.1 Å². The lowest BCUT2D eigenvalue weighted by atomic mass is 10.1. The van der Waals surface area contributed by atoms with E-state index in [9.17, 15) is 27.2 Å². The molecule has 0 saturated carbocycles. The third-order valence-electron chi connectivity index (χ3n) is 4.03. The molecular weight excluding hydrogens is 406 g/mol. The van der Waals surface area contributed by atoms with Crippen LogP contribution in [-0.4, -0.2) is 40.6 Å². The first-order valence-corrected chi connectivity index (χ1v) is 9.00. The Balaban J connectivity index is 2.02. The van der Waals surface area contributed by atoms with E-state index >= 15 is 0 Å². The molecule has 1 unspecified atom stereocenters. The molecule has 0 fully saturated rings. The van der Waals surface area contributed by atoms with E-state index < -0.39 is 30.9 Å². The Labute approximate surface area is 170 Å². The van der Waals surface area contributed by atoms with Gasteiger partial charge in [0.15, 0.2) is 6.61 Å². The van der Waals surface area contributed by atoms with E-state index in [1.54, 1.807) is 26.0 Å². The number of aryl methyl sites for hydroxylation is 1. The minimum Gasteiger partial charge on any atom is -0.485 e. The third-order valence-corrected chi connectivity index (χ3v) is 4.03. The molecule has 0 radical (unpaired) electrons. The van der Waals surface area contributed by atoms with Crippen molar-refractivity contribution in [1.82, 2.24) is 15.3 Å². The van der Waals surface area contributed by atoms with Crippen molar-refractivity contribution in [1.29, 1.82) is 0 Å². The monoisotopic (exact) mass is 427 g/mol. The fraction of sp³-hybridized carbons (Fsp3) is 0.400. The summed E-state index contributed by atoms with van der Waals surface area (Å²) in [5, 5.41) is 2.74. The second kappa shape index (κ2) is 9.64. The highest BCUT2D eigenvalue weighted by Gasteiger charge is 2.41. The number of alkyl halides is 4. The maximum Gasteiger partial charge on any atom is 0.340 e. The number of Topliss-reactive ketones (excluding diaryl/α,β-unsaturated/α-hetero) is 1. The molecule has 1 N–H and O–H groups in total. The fourth-order valence-corrected chi connectivity index (χ4v) is 2.56. The molecule has 2 aromatic heterocycles. The van der Waals surface area contributed by atoms with E-state index in [1.807, 2.05) is 0 Å². The number of ketones is 1. The smallest absolute Gasteiger partial charge is 0.340 e. The minimum atomic E-state index is -4.28. The van der Waals surface area contributed by atoms with Gasteiger partial charge in [-0.3, -0.25) is 14.6 Å². The summed E-state index contributed by atoms with van der Waals surface area (Å²) in [5.74, 6) is -5.02. The van der Waals surface area contributed by atoms with Gasteiger partial charge in [0.2, 0.25) is 0 Å². The van der Waals surface area contributed by atoms with E-state index in [4.69, 9.17) is 0 Å². The second-order valence-corrected chi connectivity index (χ2v) is 6.84. The predicted octanol–water partition coefficient (Wildman–Crippen LogP) is 3.69. The highest BCUT2D eigenvalue weighted by molar-refractivity contribution is 5.92.